The summed E-state index contributed by atoms with van der Waals surface area (Å²) in [6.45, 7) is 2.83. The molecule has 0 aliphatic heterocycles. The van der Waals surface area contributed by atoms with Gasteiger partial charge in [0.2, 0.25) is 0 Å². The third-order valence-electron chi connectivity index (χ3n) is 2.14. The van der Waals surface area contributed by atoms with E-state index in [-0.39, 0.29) is 0 Å². The lowest BCUT2D eigenvalue weighted by Gasteiger charge is -2.21. The van der Waals surface area contributed by atoms with Gasteiger partial charge in [0.25, 0.3) is 5.91 Å². The van der Waals surface area contributed by atoms with Gasteiger partial charge in [-0.2, -0.15) is 0 Å². The van der Waals surface area contributed by atoms with E-state index in [1.807, 2.05) is 0 Å². The highest BCUT2D eigenvalue weighted by atomic mass is 79.9. The molecule has 0 aliphatic carbocycles. The van der Waals surface area contributed by atoms with Crippen LogP contribution in [0.1, 0.15) is 24.2 Å². The molecule has 0 spiro atoms. The van der Waals surface area contributed by atoms with Gasteiger partial charge in [0.1, 0.15) is 5.54 Å². The number of carbonyl (C=O) groups is 2. The molecule has 1 rings (SSSR count). The Bertz CT molecular complexity index is 474. The van der Waals surface area contributed by atoms with Gasteiger partial charge in [-0.15, -0.1) is 0 Å². The molecular formula is C11H11BrClNO3. The normalized spacial score (nSPS) is 11.1. The van der Waals surface area contributed by atoms with Crippen molar-refractivity contribution in [3.8, 4) is 0 Å². The number of benzene rings is 1. The number of carbonyl (C=O) groups excluding carboxylic acids is 1. The van der Waals surface area contributed by atoms with Crippen LogP contribution in [0.3, 0.4) is 0 Å². The van der Waals surface area contributed by atoms with Crippen molar-refractivity contribution in [3.63, 3.8) is 0 Å². The van der Waals surface area contributed by atoms with E-state index < -0.39 is 17.4 Å². The molecular weight excluding hydrogens is 309 g/mol. The van der Waals surface area contributed by atoms with E-state index in [1.165, 1.54) is 26.0 Å². The van der Waals surface area contributed by atoms with Crippen LogP contribution in [0, 0.1) is 0 Å². The predicted molar refractivity (Wildman–Crippen MR) is 68.3 cm³/mol. The highest BCUT2D eigenvalue weighted by Crippen LogP contribution is 2.23. The average Bonchev–Trinajstić information content (AvgIpc) is 2.21. The highest BCUT2D eigenvalue weighted by molar-refractivity contribution is 9.10. The van der Waals surface area contributed by atoms with E-state index in [0.717, 1.165) is 0 Å². The van der Waals surface area contributed by atoms with Crippen molar-refractivity contribution < 1.29 is 14.7 Å². The monoisotopic (exact) mass is 319 g/mol. The molecule has 0 fully saturated rings. The van der Waals surface area contributed by atoms with Crippen molar-refractivity contribution in [2.24, 2.45) is 0 Å². The van der Waals surface area contributed by atoms with Crippen LogP contribution in [0.2, 0.25) is 5.02 Å². The van der Waals surface area contributed by atoms with Crippen LogP contribution < -0.4 is 5.32 Å². The fraction of sp³-hybridized carbons (Fsp3) is 0.273. The molecule has 92 valence electrons. The first-order valence-corrected chi connectivity index (χ1v) is 5.92. The van der Waals surface area contributed by atoms with E-state index in [0.29, 0.717) is 15.1 Å². The molecule has 6 heteroatoms. The van der Waals surface area contributed by atoms with Crippen molar-refractivity contribution in [1.82, 2.24) is 5.32 Å². The number of rotatable bonds is 3. The van der Waals surface area contributed by atoms with Crippen molar-refractivity contribution in [3.05, 3.63) is 33.3 Å². The second-order valence-electron chi connectivity index (χ2n) is 4.01. The Hall–Kier alpha value is -1.07. The summed E-state index contributed by atoms with van der Waals surface area (Å²) in [6, 6.07) is 4.63. The molecule has 0 unspecified atom stereocenters. The van der Waals surface area contributed by atoms with Gasteiger partial charge in [-0.1, -0.05) is 11.6 Å². The number of carboxylic acids is 1. The van der Waals surface area contributed by atoms with Gasteiger partial charge >= 0.3 is 5.97 Å². The van der Waals surface area contributed by atoms with Crippen LogP contribution >= 0.6 is 27.5 Å². The number of nitrogens with one attached hydrogen (secondary N) is 1. The van der Waals surface area contributed by atoms with Gasteiger partial charge in [-0.05, 0) is 48.0 Å². The summed E-state index contributed by atoms with van der Waals surface area (Å²) in [5.41, 5.74) is -0.973. The molecule has 1 aromatic rings. The zero-order valence-corrected chi connectivity index (χ0v) is 11.6. The maximum Gasteiger partial charge on any atom is 0.328 e. The summed E-state index contributed by atoms with van der Waals surface area (Å²) in [5, 5.41) is 11.8. The molecule has 0 heterocycles. The van der Waals surface area contributed by atoms with Crippen LogP contribution in [-0.4, -0.2) is 22.5 Å². The average molecular weight is 321 g/mol. The lowest BCUT2D eigenvalue weighted by molar-refractivity contribution is -0.143. The Morgan fingerprint density at radius 1 is 1.41 bits per heavy atom. The van der Waals surface area contributed by atoms with Crippen molar-refractivity contribution in [2.75, 3.05) is 0 Å². The predicted octanol–water partition coefficient (Wildman–Crippen LogP) is 2.70. The van der Waals surface area contributed by atoms with Crippen LogP contribution in [-0.2, 0) is 4.79 Å². The minimum atomic E-state index is -1.32. The number of hydrogen-bond acceptors (Lipinski definition) is 2. The van der Waals surface area contributed by atoms with Gasteiger partial charge in [-0.3, -0.25) is 4.79 Å². The fourth-order valence-electron chi connectivity index (χ4n) is 1.05. The molecule has 17 heavy (non-hydrogen) atoms. The molecule has 0 atom stereocenters. The van der Waals surface area contributed by atoms with Gasteiger partial charge in [0.15, 0.2) is 0 Å². The molecule has 0 aromatic heterocycles. The summed E-state index contributed by atoms with van der Waals surface area (Å²) in [7, 11) is 0. The lowest BCUT2D eigenvalue weighted by Crippen LogP contribution is -2.49. The van der Waals surface area contributed by atoms with E-state index >= 15 is 0 Å². The SMILES string of the molecule is CC(C)(NC(=O)c1ccc(Cl)c(Br)c1)C(=O)O. The van der Waals surface area contributed by atoms with Crippen LogP contribution in [0.15, 0.2) is 22.7 Å². The number of aliphatic carboxylic acids is 1. The molecule has 1 amide bonds. The smallest absolute Gasteiger partial charge is 0.328 e. The standard InChI is InChI=1S/C11H11BrClNO3/c1-11(2,10(16)17)14-9(15)6-3-4-8(13)7(12)5-6/h3-5H,1-2H3,(H,14,15)(H,16,17). The summed E-state index contributed by atoms with van der Waals surface area (Å²) in [6.07, 6.45) is 0. The molecule has 2 N–H and O–H groups in total. The molecule has 0 radical (unpaired) electrons. The van der Waals surface area contributed by atoms with Crippen molar-refractivity contribution in [2.45, 2.75) is 19.4 Å². The summed E-state index contributed by atoms with van der Waals surface area (Å²) < 4.78 is 0.583. The Balaban J connectivity index is 2.91. The second kappa shape index (κ2) is 5.06. The summed E-state index contributed by atoms with van der Waals surface area (Å²) >= 11 is 8.99. The maximum atomic E-state index is 11.8. The Morgan fingerprint density at radius 3 is 2.47 bits per heavy atom. The molecule has 0 bridgehead atoms. The van der Waals surface area contributed by atoms with Crippen molar-refractivity contribution in [1.29, 1.82) is 0 Å². The molecule has 1 aromatic carbocycles. The van der Waals surface area contributed by atoms with Gasteiger partial charge in [0.05, 0.1) is 5.02 Å². The molecule has 4 nitrogen and oxygen atoms in total. The fourth-order valence-corrected chi connectivity index (χ4v) is 1.54. The number of amides is 1. The first kappa shape index (κ1) is 14.0. The van der Waals surface area contributed by atoms with E-state index in [1.54, 1.807) is 6.07 Å². The van der Waals surface area contributed by atoms with E-state index in [9.17, 15) is 9.59 Å². The zero-order valence-electron chi connectivity index (χ0n) is 9.25. The van der Waals surface area contributed by atoms with E-state index in [4.69, 9.17) is 16.7 Å². The third kappa shape index (κ3) is 3.44. The minimum absolute atomic E-state index is 0.343. The largest absolute Gasteiger partial charge is 0.480 e. The van der Waals surface area contributed by atoms with Crippen LogP contribution in [0.5, 0.6) is 0 Å². The van der Waals surface area contributed by atoms with Crippen LogP contribution in [0.4, 0.5) is 0 Å². The van der Waals surface area contributed by atoms with E-state index in [2.05, 4.69) is 21.2 Å². The van der Waals surface area contributed by atoms with Gasteiger partial charge < -0.3 is 10.4 Å². The van der Waals surface area contributed by atoms with Gasteiger partial charge in [0, 0.05) is 10.0 Å². The zero-order chi connectivity index (χ0) is 13.2. The number of halogens is 2. The Labute approximate surface area is 112 Å². The summed E-state index contributed by atoms with van der Waals surface area (Å²) in [5.74, 6) is -1.56. The van der Waals surface area contributed by atoms with Crippen molar-refractivity contribution >= 4 is 39.4 Å². The molecule has 0 saturated carbocycles. The first-order valence-electron chi connectivity index (χ1n) is 4.75. The summed E-state index contributed by atoms with van der Waals surface area (Å²) in [4.78, 5) is 22.7. The Morgan fingerprint density at radius 2 is 2.00 bits per heavy atom. The highest BCUT2D eigenvalue weighted by Gasteiger charge is 2.29. The molecule has 0 aliphatic rings. The topological polar surface area (TPSA) is 66.4 Å². The number of carboxylic acid groups (broad SMARTS) is 1. The molecule has 0 saturated heterocycles. The first-order chi connectivity index (χ1) is 7.74. The maximum absolute atomic E-state index is 11.8. The second-order valence-corrected chi connectivity index (χ2v) is 5.27. The van der Waals surface area contributed by atoms with Gasteiger partial charge in [-0.25, -0.2) is 4.79 Å². The quantitative estimate of drug-likeness (QED) is 0.900. The Kier molecular flexibility index (Phi) is 4.16. The minimum Gasteiger partial charge on any atom is -0.480 e. The third-order valence-corrected chi connectivity index (χ3v) is 3.36. The lowest BCUT2D eigenvalue weighted by atomic mass is 10.1. The number of hydrogen-bond donors (Lipinski definition) is 2. The van der Waals surface area contributed by atoms with Crippen LogP contribution in [0.25, 0.3) is 0 Å².